The van der Waals surface area contributed by atoms with Gasteiger partial charge in [0.25, 0.3) is 5.56 Å². The summed E-state index contributed by atoms with van der Waals surface area (Å²) < 4.78 is 1.81. The van der Waals surface area contributed by atoms with Crippen molar-refractivity contribution in [1.82, 2.24) is 19.5 Å². The van der Waals surface area contributed by atoms with Crippen LogP contribution in [0.1, 0.15) is 18.4 Å². The summed E-state index contributed by atoms with van der Waals surface area (Å²) in [4.78, 5) is 17.7. The van der Waals surface area contributed by atoms with E-state index in [9.17, 15) is 4.79 Å². The van der Waals surface area contributed by atoms with Crippen molar-refractivity contribution in [1.29, 1.82) is 0 Å². The van der Waals surface area contributed by atoms with Crippen LogP contribution in [0, 0.1) is 0 Å². The average molecular weight is 344 g/mol. The minimum Gasteiger partial charge on any atom is -0.306 e. The van der Waals surface area contributed by atoms with Crippen molar-refractivity contribution >= 4 is 16.6 Å². The Labute approximate surface area is 150 Å². The number of hydrogen-bond acceptors (Lipinski definition) is 3. The van der Waals surface area contributed by atoms with Gasteiger partial charge < -0.3 is 4.98 Å². The van der Waals surface area contributed by atoms with Crippen LogP contribution in [-0.4, -0.2) is 32.6 Å². The van der Waals surface area contributed by atoms with Crippen LogP contribution in [0.15, 0.2) is 59.4 Å². The van der Waals surface area contributed by atoms with Gasteiger partial charge in [0.05, 0.1) is 16.6 Å². The van der Waals surface area contributed by atoms with Crippen molar-refractivity contribution in [3.8, 4) is 11.3 Å². The van der Waals surface area contributed by atoms with Gasteiger partial charge >= 0.3 is 0 Å². The molecule has 0 saturated carbocycles. The summed E-state index contributed by atoms with van der Waals surface area (Å²) in [6, 6.07) is 18.1. The molecular weight excluding hydrogens is 324 g/mol. The molecule has 26 heavy (non-hydrogen) atoms. The Morgan fingerprint density at radius 1 is 1.00 bits per heavy atom. The predicted molar refractivity (Wildman–Crippen MR) is 103 cm³/mol. The van der Waals surface area contributed by atoms with Gasteiger partial charge in [-0.15, -0.1) is 0 Å². The average Bonchev–Trinajstić information content (AvgIpc) is 3.32. The first-order valence-electron chi connectivity index (χ1n) is 9.10. The lowest BCUT2D eigenvalue weighted by atomic mass is 10.1. The van der Waals surface area contributed by atoms with Crippen LogP contribution < -0.4 is 5.56 Å². The fourth-order valence-corrected chi connectivity index (χ4v) is 3.81. The smallest absolute Gasteiger partial charge is 0.259 e. The molecule has 0 aliphatic carbocycles. The number of rotatable bonds is 3. The van der Waals surface area contributed by atoms with Gasteiger partial charge in [-0.3, -0.25) is 9.69 Å². The summed E-state index contributed by atoms with van der Waals surface area (Å²) in [7, 11) is 0. The lowest BCUT2D eigenvalue weighted by Crippen LogP contribution is -2.18. The summed E-state index contributed by atoms with van der Waals surface area (Å²) in [5, 5.41) is 5.37. The van der Waals surface area contributed by atoms with Gasteiger partial charge in [0.1, 0.15) is 5.65 Å². The molecule has 0 bridgehead atoms. The summed E-state index contributed by atoms with van der Waals surface area (Å²) in [6.45, 7) is 3.42. The van der Waals surface area contributed by atoms with Crippen molar-refractivity contribution in [2.75, 3.05) is 13.1 Å². The summed E-state index contributed by atoms with van der Waals surface area (Å²) in [6.07, 6.45) is 2.62. The quantitative estimate of drug-likeness (QED) is 0.619. The molecule has 4 aromatic rings. The molecule has 0 unspecified atom stereocenters. The monoisotopic (exact) mass is 344 g/mol. The Morgan fingerprint density at radius 2 is 1.77 bits per heavy atom. The predicted octanol–water partition coefficient (Wildman–Crippen LogP) is 3.44. The van der Waals surface area contributed by atoms with E-state index in [2.05, 4.69) is 34.1 Å². The van der Waals surface area contributed by atoms with Gasteiger partial charge in [-0.1, -0.05) is 36.4 Å². The first-order valence-corrected chi connectivity index (χ1v) is 9.10. The number of nitrogens with one attached hydrogen (secondary N) is 1. The highest BCUT2D eigenvalue weighted by molar-refractivity contribution is 5.81. The molecule has 130 valence electrons. The summed E-state index contributed by atoms with van der Waals surface area (Å²) in [5.74, 6) is 0. The van der Waals surface area contributed by atoms with Crippen molar-refractivity contribution in [2.24, 2.45) is 0 Å². The second-order valence-electron chi connectivity index (χ2n) is 6.98. The number of para-hydroxylation sites is 1. The van der Waals surface area contributed by atoms with E-state index in [-0.39, 0.29) is 5.56 Å². The maximum absolute atomic E-state index is 12.2. The van der Waals surface area contributed by atoms with Crippen LogP contribution in [0.25, 0.3) is 27.8 Å². The van der Waals surface area contributed by atoms with Gasteiger partial charge in [0.15, 0.2) is 0 Å². The molecule has 0 radical (unpaired) electrons. The van der Waals surface area contributed by atoms with E-state index < -0.39 is 0 Å². The van der Waals surface area contributed by atoms with E-state index >= 15 is 0 Å². The zero-order valence-electron chi connectivity index (χ0n) is 14.5. The molecule has 1 N–H and O–H groups in total. The number of aromatic amines is 1. The molecule has 3 heterocycles. The minimum atomic E-state index is -0.0829. The van der Waals surface area contributed by atoms with Crippen LogP contribution in [0.3, 0.4) is 0 Å². The number of nitrogens with zero attached hydrogens (tertiary/aromatic N) is 3. The Bertz CT molecular complexity index is 1130. The van der Waals surface area contributed by atoms with Crippen LogP contribution in [-0.2, 0) is 6.54 Å². The number of likely N-dealkylation sites (tertiary alicyclic amines) is 1. The Hall–Kier alpha value is -2.92. The highest BCUT2D eigenvalue weighted by Gasteiger charge is 2.13. The highest BCUT2D eigenvalue weighted by Crippen LogP contribution is 2.22. The maximum Gasteiger partial charge on any atom is 0.259 e. The lowest BCUT2D eigenvalue weighted by molar-refractivity contribution is 0.331. The van der Waals surface area contributed by atoms with E-state index in [1.807, 2.05) is 34.8 Å². The molecule has 0 atom stereocenters. The molecule has 0 spiro atoms. The Morgan fingerprint density at radius 3 is 2.58 bits per heavy atom. The van der Waals surface area contributed by atoms with Gasteiger partial charge in [-0.2, -0.15) is 5.10 Å². The first-order chi connectivity index (χ1) is 12.8. The number of H-pyrrole nitrogens is 1. The third-order valence-corrected chi connectivity index (χ3v) is 5.18. The Balaban J connectivity index is 1.52. The second kappa shape index (κ2) is 6.11. The van der Waals surface area contributed by atoms with Crippen LogP contribution in [0.5, 0.6) is 0 Å². The normalized spacial score (nSPS) is 15.2. The third-order valence-electron chi connectivity index (χ3n) is 5.18. The van der Waals surface area contributed by atoms with Gasteiger partial charge in [0.2, 0.25) is 0 Å². The summed E-state index contributed by atoms with van der Waals surface area (Å²) in [5.41, 5.74) is 4.71. The first kappa shape index (κ1) is 15.3. The van der Waals surface area contributed by atoms with E-state index in [1.54, 1.807) is 0 Å². The van der Waals surface area contributed by atoms with Crippen molar-refractivity contribution < 1.29 is 0 Å². The second-order valence-corrected chi connectivity index (χ2v) is 6.98. The van der Waals surface area contributed by atoms with Crippen molar-refractivity contribution in [2.45, 2.75) is 19.4 Å². The molecule has 0 amide bonds. The van der Waals surface area contributed by atoms with Gasteiger partial charge in [-0.05, 0) is 43.6 Å². The maximum atomic E-state index is 12.2. The number of hydrogen-bond donors (Lipinski definition) is 1. The molecular formula is C21H20N4O. The van der Waals surface area contributed by atoms with Crippen LogP contribution in [0.4, 0.5) is 0 Å². The fourth-order valence-electron chi connectivity index (χ4n) is 3.81. The molecule has 5 nitrogen and oxygen atoms in total. The standard InChI is InChI=1S/C21H20N4O/c26-21-17-5-1-2-6-19(17)25-20(22-21)13-18(23-25)16-9-7-15(8-10-16)14-24-11-3-4-12-24/h1-2,5-10,13H,3-4,11-12,14H2,(H,22,26). The van der Waals surface area contributed by atoms with E-state index in [0.717, 1.165) is 23.3 Å². The molecule has 5 heteroatoms. The molecule has 2 aromatic carbocycles. The molecule has 1 aliphatic rings. The topological polar surface area (TPSA) is 53.4 Å². The van der Waals surface area contributed by atoms with Crippen molar-refractivity contribution in [3.05, 3.63) is 70.5 Å². The number of fused-ring (bicyclic) bond motifs is 3. The zero-order valence-corrected chi connectivity index (χ0v) is 14.5. The van der Waals surface area contributed by atoms with Crippen LogP contribution in [0.2, 0.25) is 0 Å². The molecule has 2 aromatic heterocycles. The highest BCUT2D eigenvalue weighted by atomic mass is 16.1. The van der Waals surface area contributed by atoms with E-state index in [1.165, 1.54) is 31.5 Å². The van der Waals surface area contributed by atoms with Crippen molar-refractivity contribution in [3.63, 3.8) is 0 Å². The lowest BCUT2D eigenvalue weighted by Gasteiger charge is -2.14. The molecule has 1 fully saturated rings. The third kappa shape index (κ3) is 2.61. The number of aromatic nitrogens is 3. The Kier molecular flexibility index (Phi) is 3.60. The largest absolute Gasteiger partial charge is 0.306 e. The summed E-state index contributed by atoms with van der Waals surface area (Å²) >= 11 is 0. The zero-order chi connectivity index (χ0) is 17.5. The van der Waals surface area contributed by atoms with E-state index in [0.29, 0.717) is 11.0 Å². The molecule has 1 saturated heterocycles. The van der Waals surface area contributed by atoms with E-state index in [4.69, 9.17) is 5.10 Å². The van der Waals surface area contributed by atoms with Crippen LogP contribution >= 0.6 is 0 Å². The molecule has 1 aliphatic heterocycles. The minimum absolute atomic E-state index is 0.0829. The SMILES string of the molecule is O=c1[nH]c2cc(-c3ccc(CN4CCCC4)cc3)nn2c2ccccc12. The number of benzene rings is 2. The fraction of sp³-hybridized carbons (Fsp3) is 0.238. The van der Waals surface area contributed by atoms with Gasteiger partial charge in [0, 0.05) is 18.2 Å². The van der Waals surface area contributed by atoms with Gasteiger partial charge in [-0.25, -0.2) is 4.52 Å². The molecule has 5 rings (SSSR count).